The average molecular weight is 522 g/mol. The number of likely N-dealkylation sites (N-methyl/N-ethyl adjacent to an activating group) is 1. The third-order valence-electron chi connectivity index (χ3n) is 6.69. The summed E-state index contributed by atoms with van der Waals surface area (Å²) in [7, 11) is 0. The zero-order chi connectivity index (χ0) is 27.4. The summed E-state index contributed by atoms with van der Waals surface area (Å²) in [4.78, 5) is 55.5. The Labute approximate surface area is 209 Å². The normalized spacial score (nSPS) is 21.2. The monoisotopic (exact) mass is 521 g/mol. The van der Waals surface area contributed by atoms with E-state index in [1.54, 1.807) is 18.7 Å². The van der Waals surface area contributed by atoms with E-state index in [1.165, 1.54) is 23.6 Å². The maximum Gasteiger partial charge on any atom is 0.416 e. The van der Waals surface area contributed by atoms with E-state index in [0.29, 0.717) is 26.1 Å². The zero-order valence-electron chi connectivity index (χ0n) is 21.5. The number of urea groups is 1. The Hall–Kier alpha value is -2.57. The molecular weight excluding hydrogens is 483 g/mol. The molecule has 2 heterocycles. The van der Waals surface area contributed by atoms with E-state index >= 15 is 0 Å². The average Bonchev–Trinajstić information content (AvgIpc) is 3.41. The number of likely N-dealkylation sites (tertiary alicyclic amines) is 1. The van der Waals surface area contributed by atoms with Gasteiger partial charge >= 0.3 is 12.2 Å². The predicted octanol–water partition coefficient (Wildman–Crippen LogP) is 0.940. The molecule has 3 N–H and O–H groups in total. The minimum atomic E-state index is -4.91. The molecule has 0 aromatic carbocycles. The lowest BCUT2D eigenvalue weighted by molar-refractivity contribution is -0.215. The topological polar surface area (TPSA) is 122 Å². The van der Waals surface area contributed by atoms with Crippen LogP contribution in [0, 0.1) is 11.8 Å². The minimum absolute atomic E-state index is 0.207. The van der Waals surface area contributed by atoms with Crippen LogP contribution in [0.4, 0.5) is 18.0 Å². The van der Waals surface area contributed by atoms with Gasteiger partial charge in [-0.1, -0.05) is 27.7 Å². The Morgan fingerprint density at radius 1 is 1.03 bits per heavy atom. The summed E-state index contributed by atoms with van der Waals surface area (Å²) in [5.41, 5.74) is 0. The molecule has 0 aliphatic carbocycles. The molecule has 0 aromatic heterocycles. The van der Waals surface area contributed by atoms with Crippen molar-refractivity contribution in [2.75, 3.05) is 32.7 Å². The van der Waals surface area contributed by atoms with Crippen molar-refractivity contribution in [1.82, 2.24) is 25.3 Å². The molecule has 2 saturated heterocycles. The predicted molar refractivity (Wildman–Crippen MR) is 125 cm³/mol. The van der Waals surface area contributed by atoms with E-state index < -0.39 is 54.0 Å². The molecule has 13 heteroatoms. The summed E-state index contributed by atoms with van der Waals surface area (Å²) in [5.74, 6) is -2.87. The summed E-state index contributed by atoms with van der Waals surface area (Å²) in [6.07, 6.45) is -6.94. The van der Waals surface area contributed by atoms with E-state index in [4.69, 9.17) is 0 Å². The molecular formula is C23H38F3N5O5. The summed E-state index contributed by atoms with van der Waals surface area (Å²) in [6.45, 7) is 9.63. The Balaban J connectivity index is 2.08. The second-order valence-corrected chi connectivity index (χ2v) is 10.0. The fraction of sp³-hybridized carbons (Fsp3) is 0.826. The quantitative estimate of drug-likeness (QED) is 0.395. The number of aliphatic hydroxyl groups is 1. The molecule has 10 nitrogen and oxygen atoms in total. The van der Waals surface area contributed by atoms with Crippen LogP contribution < -0.4 is 10.6 Å². The van der Waals surface area contributed by atoms with E-state index in [1.807, 2.05) is 6.92 Å². The van der Waals surface area contributed by atoms with Crippen LogP contribution in [0.3, 0.4) is 0 Å². The molecule has 2 rings (SSSR count). The van der Waals surface area contributed by atoms with Gasteiger partial charge in [0.15, 0.2) is 6.10 Å². The van der Waals surface area contributed by atoms with Crippen LogP contribution >= 0.6 is 0 Å². The molecule has 36 heavy (non-hydrogen) atoms. The standard InChI is InChI=1S/C23H38F3N5O5/c1-6-29-10-11-30(22(29)36)12-16(32)27-18(14(4)5)21(35)31-9-7-8-15(31)20(34)28-17(13(2)3)19(33)23(24,25)26/h13-15,17-19,33H,6-12H2,1-5H3,(H,27,32)(H,28,34). The molecule has 5 amide bonds. The van der Waals surface area contributed by atoms with Gasteiger partial charge in [0, 0.05) is 26.2 Å². The second kappa shape index (κ2) is 12.1. The minimum Gasteiger partial charge on any atom is -0.382 e. The van der Waals surface area contributed by atoms with E-state index in [2.05, 4.69) is 10.6 Å². The van der Waals surface area contributed by atoms with Gasteiger partial charge in [0.25, 0.3) is 0 Å². The van der Waals surface area contributed by atoms with Crippen molar-refractivity contribution in [3.63, 3.8) is 0 Å². The first-order valence-corrected chi connectivity index (χ1v) is 12.4. The Bertz CT molecular complexity index is 822. The highest BCUT2D eigenvalue weighted by atomic mass is 19.4. The van der Waals surface area contributed by atoms with Gasteiger partial charge in [0.1, 0.15) is 18.6 Å². The van der Waals surface area contributed by atoms with Crippen LogP contribution in [-0.4, -0.2) is 107 Å². The van der Waals surface area contributed by atoms with E-state index in [0.717, 1.165) is 0 Å². The molecule has 0 radical (unpaired) electrons. The Morgan fingerprint density at radius 2 is 1.64 bits per heavy atom. The van der Waals surface area contributed by atoms with Gasteiger partial charge in [0.2, 0.25) is 17.7 Å². The largest absolute Gasteiger partial charge is 0.416 e. The zero-order valence-corrected chi connectivity index (χ0v) is 21.5. The number of carbonyl (C=O) groups is 4. The van der Waals surface area contributed by atoms with Crippen molar-refractivity contribution in [3.8, 4) is 0 Å². The van der Waals surface area contributed by atoms with Gasteiger partial charge in [-0.3, -0.25) is 14.4 Å². The molecule has 2 aliphatic rings. The van der Waals surface area contributed by atoms with E-state index in [9.17, 15) is 37.5 Å². The number of amides is 5. The van der Waals surface area contributed by atoms with Crippen molar-refractivity contribution < 1.29 is 37.5 Å². The second-order valence-electron chi connectivity index (χ2n) is 10.0. The third kappa shape index (κ3) is 7.01. The maximum absolute atomic E-state index is 13.4. The highest BCUT2D eigenvalue weighted by Gasteiger charge is 2.47. The number of rotatable bonds is 10. The van der Waals surface area contributed by atoms with Gasteiger partial charge < -0.3 is 30.4 Å². The van der Waals surface area contributed by atoms with Gasteiger partial charge in [-0.05, 0) is 31.6 Å². The van der Waals surface area contributed by atoms with Crippen molar-refractivity contribution >= 4 is 23.8 Å². The molecule has 0 spiro atoms. The van der Waals surface area contributed by atoms with Gasteiger partial charge in [0.05, 0.1) is 6.04 Å². The number of nitrogens with one attached hydrogen (secondary N) is 2. The highest BCUT2D eigenvalue weighted by Crippen LogP contribution is 2.27. The van der Waals surface area contributed by atoms with Crippen LogP contribution in [0.2, 0.25) is 0 Å². The number of hydrogen-bond acceptors (Lipinski definition) is 5. The molecule has 0 saturated carbocycles. The Morgan fingerprint density at radius 3 is 2.14 bits per heavy atom. The van der Waals surface area contributed by atoms with Gasteiger partial charge in [-0.25, -0.2) is 4.79 Å². The number of nitrogens with zero attached hydrogens (tertiary/aromatic N) is 3. The van der Waals surface area contributed by atoms with Crippen molar-refractivity contribution in [2.24, 2.45) is 11.8 Å². The number of aliphatic hydroxyl groups excluding tert-OH is 1. The van der Waals surface area contributed by atoms with Crippen molar-refractivity contribution in [3.05, 3.63) is 0 Å². The lowest BCUT2D eigenvalue weighted by Crippen LogP contribution is -2.59. The number of halogens is 3. The highest BCUT2D eigenvalue weighted by molar-refractivity contribution is 5.93. The molecule has 4 atom stereocenters. The van der Waals surface area contributed by atoms with Gasteiger partial charge in [-0.15, -0.1) is 0 Å². The summed E-state index contributed by atoms with van der Waals surface area (Å²) in [5, 5.41) is 14.7. The van der Waals surface area contributed by atoms with Crippen molar-refractivity contribution in [1.29, 1.82) is 0 Å². The first kappa shape index (κ1) is 29.7. The van der Waals surface area contributed by atoms with Crippen LogP contribution in [-0.2, 0) is 14.4 Å². The van der Waals surface area contributed by atoms with E-state index in [-0.39, 0.29) is 31.5 Å². The van der Waals surface area contributed by atoms with Crippen molar-refractivity contribution in [2.45, 2.75) is 77.9 Å². The fourth-order valence-electron chi connectivity index (χ4n) is 4.53. The fourth-order valence-corrected chi connectivity index (χ4v) is 4.53. The van der Waals surface area contributed by atoms with Crippen LogP contribution in [0.15, 0.2) is 0 Å². The van der Waals surface area contributed by atoms with Gasteiger partial charge in [-0.2, -0.15) is 13.2 Å². The van der Waals surface area contributed by atoms with Crippen LogP contribution in [0.1, 0.15) is 47.5 Å². The summed E-state index contributed by atoms with van der Waals surface area (Å²) in [6, 6.07) is -3.82. The smallest absolute Gasteiger partial charge is 0.382 e. The molecule has 4 unspecified atom stereocenters. The Kier molecular flexibility index (Phi) is 9.98. The molecule has 0 bridgehead atoms. The number of hydrogen-bond donors (Lipinski definition) is 3. The summed E-state index contributed by atoms with van der Waals surface area (Å²) < 4.78 is 39.3. The molecule has 206 valence electrons. The lowest BCUT2D eigenvalue weighted by Gasteiger charge is -2.33. The lowest BCUT2D eigenvalue weighted by atomic mass is 9.97. The molecule has 2 fully saturated rings. The van der Waals surface area contributed by atoms with Crippen LogP contribution in [0.25, 0.3) is 0 Å². The summed E-state index contributed by atoms with van der Waals surface area (Å²) >= 11 is 0. The number of carbonyl (C=O) groups excluding carboxylic acids is 4. The molecule has 2 aliphatic heterocycles. The first-order chi connectivity index (χ1) is 16.7. The van der Waals surface area contributed by atoms with Crippen LogP contribution in [0.5, 0.6) is 0 Å². The maximum atomic E-state index is 13.4. The molecule has 0 aromatic rings. The SMILES string of the molecule is CCN1CCN(CC(=O)NC(C(=O)N2CCCC2C(=O)NC(C(C)C)C(O)C(F)(F)F)C(C)C)C1=O. The third-order valence-corrected chi connectivity index (χ3v) is 6.69. The number of alkyl halides is 3. The first-order valence-electron chi connectivity index (χ1n) is 12.4.